The molecule has 5 heteroatoms. The van der Waals surface area contributed by atoms with Crippen molar-refractivity contribution in [3.05, 3.63) is 16.1 Å². The fourth-order valence-electron chi connectivity index (χ4n) is 2.35. The Morgan fingerprint density at radius 3 is 3.00 bits per heavy atom. The van der Waals surface area contributed by atoms with E-state index in [1.54, 1.807) is 11.3 Å². The Hall–Kier alpha value is -0.490. The number of ether oxygens (including phenoxy) is 1. The lowest BCUT2D eigenvalue weighted by Crippen LogP contribution is -2.52. The zero-order valence-corrected chi connectivity index (χ0v) is 13.9. The SMILES string of the molecule is CC(C)CNCc1nc(CN2CCOCC2(C)C)cs1. The minimum atomic E-state index is 0.109. The second kappa shape index (κ2) is 6.98. The largest absolute Gasteiger partial charge is 0.378 e. The summed E-state index contributed by atoms with van der Waals surface area (Å²) in [4.78, 5) is 7.21. The number of nitrogens with one attached hydrogen (secondary N) is 1. The first-order valence-corrected chi connectivity index (χ1v) is 8.32. The quantitative estimate of drug-likeness (QED) is 0.875. The molecule has 20 heavy (non-hydrogen) atoms. The van der Waals surface area contributed by atoms with Crippen LogP contribution in [0.25, 0.3) is 0 Å². The summed E-state index contributed by atoms with van der Waals surface area (Å²) in [5.74, 6) is 0.684. The van der Waals surface area contributed by atoms with Gasteiger partial charge in [0.1, 0.15) is 5.01 Å². The highest BCUT2D eigenvalue weighted by molar-refractivity contribution is 7.09. The van der Waals surface area contributed by atoms with Crippen LogP contribution in [0.3, 0.4) is 0 Å². The summed E-state index contributed by atoms with van der Waals surface area (Å²) in [7, 11) is 0. The molecule has 0 spiro atoms. The number of hydrogen-bond acceptors (Lipinski definition) is 5. The molecule has 114 valence electrons. The molecule has 1 aromatic rings. The first kappa shape index (κ1) is 15.9. The van der Waals surface area contributed by atoms with Crippen molar-refractivity contribution in [3.8, 4) is 0 Å². The Morgan fingerprint density at radius 2 is 2.30 bits per heavy atom. The summed E-state index contributed by atoms with van der Waals surface area (Å²) >= 11 is 1.76. The van der Waals surface area contributed by atoms with Gasteiger partial charge in [0.15, 0.2) is 0 Å². The van der Waals surface area contributed by atoms with E-state index in [4.69, 9.17) is 9.72 Å². The average Bonchev–Trinajstić information content (AvgIpc) is 2.79. The first-order valence-electron chi connectivity index (χ1n) is 7.44. The molecule has 0 aromatic carbocycles. The van der Waals surface area contributed by atoms with Crippen LogP contribution in [0.15, 0.2) is 5.38 Å². The lowest BCUT2D eigenvalue weighted by atomic mass is 10.0. The van der Waals surface area contributed by atoms with Crippen molar-refractivity contribution in [1.29, 1.82) is 0 Å². The average molecular weight is 297 g/mol. The molecule has 4 nitrogen and oxygen atoms in total. The lowest BCUT2D eigenvalue weighted by Gasteiger charge is -2.41. The molecule has 0 saturated carbocycles. The fraction of sp³-hybridized carbons (Fsp3) is 0.800. The summed E-state index contributed by atoms with van der Waals surface area (Å²) in [6.07, 6.45) is 0. The van der Waals surface area contributed by atoms with Gasteiger partial charge in [-0.05, 0) is 26.3 Å². The molecule has 1 saturated heterocycles. The minimum absolute atomic E-state index is 0.109. The topological polar surface area (TPSA) is 37.4 Å². The predicted octanol–water partition coefficient (Wildman–Crippen LogP) is 2.50. The smallest absolute Gasteiger partial charge is 0.107 e. The van der Waals surface area contributed by atoms with Crippen LogP contribution in [0.1, 0.15) is 38.4 Å². The lowest BCUT2D eigenvalue weighted by molar-refractivity contribution is -0.0557. The molecule has 1 aromatic heterocycles. The van der Waals surface area contributed by atoms with Crippen LogP contribution in [-0.4, -0.2) is 41.7 Å². The molecule has 2 heterocycles. The number of rotatable bonds is 6. The van der Waals surface area contributed by atoms with Gasteiger partial charge in [0.25, 0.3) is 0 Å². The second-order valence-corrected chi connectivity index (χ2v) is 7.49. The van der Waals surface area contributed by atoms with Gasteiger partial charge in [0, 0.05) is 30.6 Å². The highest BCUT2D eigenvalue weighted by Gasteiger charge is 2.30. The van der Waals surface area contributed by atoms with Crippen molar-refractivity contribution in [1.82, 2.24) is 15.2 Å². The normalized spacial score (nSPS) is 19.6. The van der Waals surface area contributed by atoms with Crippen molar-refractivity contribution < 1.29 is 4.74 Å². The third-order valence-electron chi connectivity index (χ3n) is 3.60. The number of hydrogen-bond donors (Lipinski definition) is 1. The maximum atomic E-state index is 5.56. The van der Waals surface area contributed by atoms with Gasteiger partial charge in [-0.2, -0.15) is 0 Å². The molecular weight excluding hydrogens is 270 g/mol. The van der Waals surface area contributed by atoms with Crippen LogP contribution in [0.4, 0.5) is 0 Å². The molecule has 0 radical (unpaired) electrons. The van der Waals surface area contributed by atoms with Crippen LogP contribution in [0, 0.1) is 5.92 Å². The molecule has 1 aliphatic rings. The van der Waals surface area contributed by atoms with Gasteiger partial charge >= 0.3 is 0 Å². The second-order valence-electron chi connectivity index (χ2n) is 6.54. The summed E-state index contributed by atoms with van der Waals surface area (Å²) in [6, 6.07) is 0. The van der Waals surface area contributed by atoms with Crippen LogP contribution >= 0.6 is 11.3 Å². The maximum Gasteiger partial charge on any atom is 0.107 e. The van der Waals surface area contributed by atoms with E-state index in [1.165, 1.54) is 10.7 Å². The number of nitrogens with zero attached hydrogens (tertiary/aromatic N) is 2. The van der Waals surface area contributed by atoms with Crippen LogP contribution in [-0.2, 0) is 17.8 Å². The van der Waals surface area contributed by atoms with Crippen LogP contribution in [0.5, 0.6) is 0 Å². The van der Waals surface area contributed by atoms with Gasteiger partial charge in [-0.3, -0.25) is 4.90 Å². The zero-order valence-electron chi connectivity index (χ0n) is 13.1. The van der Waals surface area contributed by atoms with Gasteiger partial charge in [-0.15, -0.1) is 11.3 Å². The van der Waals surface area contributed by atoms with Gasteiger partial charge in [0.05, 0.1) is 18.9 Å². The molecule has 1 fully saturated rings. The number of morpholine rings is 1. The van der Waals surface area contributed by atoms with E-state index in [-0.39, 0.29) is 5.54 Å². The minimum Gasteiger partial charge on any atom is -0.378 e. The van der Waals surface area contributed by atoms with Gasteiger partial charge in [-0.25, -0.2) is 4.98 Å². The third-order valence-corrected chi connectivity index (χ3v) is 4.50. The van der Waals surface area contributed by atoms with E-state index in [0.717, 1.165) is 39.4 Å². The highest BCUT2D eigenvalue weighted by Crippen LogP contribution is 2.22. The van der Waals surface area contributed by atoms with Crippen LogP contribution in [0.2, 0.25) is 0 Å². The summed E-state index contributed by atoms with van der Waals surface area (Å²) < 4.78 is 5.56. The van der Waals surface area contributed by atoms with E-state index in [0.29, 0.717) is 5.92 Å². The van der Waals surface area contributed by atoms with Gasteiger partial charge in [0.2, 0.25) is 0 Å². The summed E-state index contributed by atoms with van der Waals surface area (Å²) in [5, 5.41) is 6.83. The molecule has 0 amide bonds. The van der Waals surface area contributed by atoms with E-state index < -0.39 is 0 Å². The Morgan fingerprint density at radius 1 is 1.50 bits per heavy atom. The van der Waals surface area contributed by atoms with E-state index in [1.807, 2.05) is 0 Å². The van der Waals surface area contributed by atoms with Crippen molar-refractivity contribution >= 4 is 11.3 Å². The van der Waals surface area contributed by atoms with E-state index in [9.17, 15) is 0 Å². The monoisotopic (exact) mass is 297 g/mol. The van der Waals surface area contributed by atoms with Crippen LogP contribution < -0.4 is 5.32 Å². The zero-order chi connectivity index (χ0) is 14.6. The molecule has 0 unspecified atom stereocenters. The molecule has 1 N–H and O–H groups in total. The summed E-state index contributed by atoms with van der Waals surface area (Å²) in [6.45, 7) is 14.4. The molecule has 0 aliphatic carbocycles. The van der Waals surface area contributed by atoms with Gasteiger partial charge < -0.3 is 10.1 Å². The summed E-state index contributed by atoms with van der Waals surface area (Å²) in [5.41, 5.74) is 1.30. The third kappa shape index (κ3) is 4.52. The first-order chi connectivity index (χ1) is 9.47. The molecular formula is C15H27N3OS. The predicted molar refractivity (Wildman–Crippen MR) is 84.0 cm³/mol. The number of thiazole rings is 1. The van der Waals surface area contributed by atoms with Gasteiger partial charge in [-0.1, -0.05) is 13.8 Å². The Bertz CT molecular complexity index is 417. The van der Waals surface area contributed by atoms with E-state index >= 15 is 0 Å². The fourth-order valence-corrected chi connectivity index (χ4v) is 3.10. The Kier molecular flexibility index (Phi) is 5.55. The number of aromatic nitrogens is 1. The standard InChI is InChI=1S/C15H27N3OS/c1-12(2)7-16-8-14-17-13(10-20-14)9-18-5-6-19-11-15(18,3)4/h10,12,16H,5-9,11H2,1-4H3. The highest BCUT2D eigenvalue weighted by atomic mass is 32.1. The molecule has 1 aliphatic heterocycles. The van der Waals surface area contributed by atoms with E-state index in [2.05, 4.69) is 43.3 Å². The maximum absolute atomic E-state index is 5.56. The van der Waals surface area contributed by atoms with Crippen molar-refractivity contribution in [2.24, 2.45) is 5.92 Å². The van der Waals surface area contributed by atoms with Crippen molar-refractivity contribution in [3.63, 3.8) is 0 Å². The molecule has 0 bridgehead atoms. The molecule has 2 rings (SSSR count). The molecule has 0 atom stereocenters. The van der Waals surface area contributed by atoms with Crippen molar-refractivity contribution in [2.45, 2.75) is 46.3 Å². The Labute approximate surface area is 126 Å². The Balaban J connectivity index is 1.85. The van der Waals surface area contributed by atoms with Crippen molar-refractivity contribution in [2.75, 3.05) is 26.3 Å².